The number of hydrogen-bond acceptors (Lipinski definition) is 31. The molecule has 33 heteroatoms. The lowest BCUT2D eigenvalue weighted by Crippen LogP contribution is -2.09. The molecular formula is C99H84N14O18S. The van der Waals surface area contributed by atoms with Gasteiger partial charge in [-0.3, -0.25) is 4.72 Å². The second-order valence-corrected chi connectivity index (χ2v) is 30.6. The zero-order valence-corrected chi connectivity index (χ0v) is 73.6. The van der Waals surface area contributed by atoms with Crippen LogP contribution in [0, 0.1) is 13.8 Å². The van der Waals surface area contributed by atoms with Crippen molar-refractivity contribution in [1.82, 2.24) is 59.8 Å². The number of aromatic hydroxyl groups is 4. The fraction of sp³-hybridized carbons (Fsp3) is 0.111. The van der Waals surface area contributed by atoms with Crippen molar-refractivity contribution in [3.63, 3.8) is 0 Å². The molecule has 0 bridgehead atoms. The number of aromatic nitrogens is 12. The minimum absolute atomic E-state index is 0.00241. The molecular weight excluding hydrogens is 1710 g/mol. The topological polar surface area (TPSA) is 450 Å². The Labute approximate surface area is 757 Å². The van der Waals surface area contributed by atoms with Crippen LogP contribution in [-0.2, 0) is 29.0 Å². The van der Waals surface area contributed by atoms with Gasteiger partial charge in [0.1, 0.15) is 46.0 Å². The Balaban J connectivity index is 0.000000150. The average Bonchev–Trinajstić information content (AvgIpc) is 0.808. The van der Waals surface area contributed by atoms with Gasteiger partial charge in [0.25, 0.3) is 0 Å². The number of anilines is 2. The minimum Gasteiger partial charge on any atom is -0.507 e. The quantitative estimate of drug-likeness (QED) is 0.0208. The lowest BCUT2D eigenvalue weighted by molar-refractivity contribution is 0.0592. The molecule has 132 heavy (non-hydrogen) atoms. The number of nitrogens with zero attached hydrogens (tertiary/aromatic N) is 12. The van der Waals surface area contributed by atoms with E-state index < -0.39 is 33.9 Å². The van der Waals surface area contributed by atoms with E-state index in [9.17, 15) is 48.0 Å². The van der Waals surface area contributed by atoms with E-state index in [2.05, 4.69) is 64.5 Å². The van der Waals surface area contributed by atoms with Gasteiger partial charge < -0.3 is 64.1 Å². The van der Waals surface area contributed by atoms with Crippen molar-refractivity contribution >= 4 is 45.3 Å². The Morgan fingerprint density at radius 1 is 0.265 bits per heavy atom. The van der Waals surface area contributed by atoms with E-state index in [4.69, 9.17) is 43.6 Å². The minimum atomic E-state index is -3.42. The molecule has 4 aromatic heterocycles. The van der Waals surface area contributed by atoms with Crippen molar-refractivity contribution in [2.24, 2.45) is 0 Å². The van der Waals surface area contributed by atoms with E-state index in [1.165, 1.54) is 81.1 Å². The number of nitrogens with one attached hydrogen (secondary N) is 1. The zero-order valence-electron chi connectivity index (χ0n) is 72.8. The highest BCUT2D eigenvalue weighted by Crippen LogP contribution is 2.39. The smallest absolute Gasteiger partial charge is 0.337 e. The Kier molecular flexibility index (Phi) is 29.2. The van der Waals surface area contributed by atoms with Crippen LogP contribution in [0.25, 0.3) is 137 Å². The first-order chi connectivity index (χ1) is 63.6. The number of phenols is 4. The Bertz CT molecular complexity index is 6530. The molecule has 0 aliphatic heterocycles. The third-order valence-electron chi connectivity index (χ3n) is 19.8. The van der Waals surface area contributed by atoms with Crippen LogP contribution < -0.4 is 29.4 Å². The van der Waals surface area contributed by atoms with Gasteiger partial charge in [0.15, 0.2) is 69.9 Å². The predicted molar refractivity (Wildman–Crippen MR) is 495 cm³/mol. The van der Waals surface area contributed by atoms with Crippen LogP contribution in [0.5, 0.6) is 46.0 Å². The summed E-state index contributed by atoms with van der Waals surface area (Å²) in [5.41, 5.74) is 18.0. The normalized spacial score (nSPS) is 10.7. The maximum Gasteiger partial charge on any atom is 0.337 e. The molecule has 0 amide bonds. The number of methoxy groups -OCH3 is 8. The Hall–Kier alpha value is -17.5. The number of carbonyl (C=O) groups is 4. The fourth-order valence-electron chi connectivity index (χ4n) is 12.8. The number of aryl methyl sites for hydroxylation is 2. The first-order valence-electron chi connectivity index (χ1n) is 40.0. The lowest BCUT2D eigenvalue weighted by Gasteiger charge is -2.11. The fourth-order valence-corrected chi connectivity index (χ4v) is 13.3. The SMILES string of the molecule is COC(=O)c1ccc(-c2nc(-c3ccc(C)cc3)nc(-c3ccc(OC)cc3O)n2)cc1.COC(=O)c1ccc(-c2nc(-c3ccc(C)cc3)nc(-c3ccc(OC)cc3O)n2)cc1.COC(=O)c1ccc(-c2nc(-c3ccc(N)cc3)nc(-c3ccc(OC)cc3O)n2)cc1.COC(=O)c1ccc(-c2nc(-c3ccc(NS(C)(=O)=O)cc3)nc(-c3ccc(OC)cc3O)n2)cc1. The van der Waals surface area contributed by atoms with E-state index in [0.29, 0.717) is 171 Å². The summed E-state index contributed by atoms with van der Waals surface area (Å²) in [6.07, 6.45) is 1.07. The molecule has 664 valence electrons. The molecule has 0 spiro atoms. The van der Waals surface area contributed by atoms with Crippen LogP contribution in [0.2, 0.25) is 0 Å². The first kappa shape index (κ1) is 92.2. The molecule has 12 aromatic carbocycles. The van der Waals surface area contributed by atoms with Crippen molar-refractivity contribution in [3.05, 3.63) is 300 Å². The van der Waals surface area contributed by atoms with Crippen LogP contribution in [0.15, 0.2) is 267 Å². The van der Waals surface area contributed by atoms with E-state index in [-0.39, 0.29) is 28.8 Å². The van der Waals surface area contributed by atoms with Crippen molar-refractivity contribution in [1.29, 1.82) is 0 Å². The summed E-state index contributed by atoms with van der Waals surface area (Å²) in [4.78, 5) is 102. The van der Waals surface area contributed by atoms with Crippen LogP contribution in [-0.4, -0.2) is 176 Å². The molecule has 0 atom stereocenters. The second-order valence-electron chi connectivity index (χ2n) is 28.8. The van der Waals surface area contributed by atoms with Crippen LogP contribution in [0.1, 0.15) is 52.6 Å². The van der Waals surface area contributed by atoms with Gasteiger partial charge in [-0.25, -0.2) is 87.4 Å². The average molecular weight is 1790 g/mol. The highest BCUT2D eigenvalue weighted by atomic mass is 32.2. The molecule has 0 fully saturated rings. The van der Waals surface area contributed by atoms with E-state index in [1.807, 2.05) is 74.5 Å². The largest absolute Gasteiger partial charge is 0.507 e. The second kappa shape index (κ2) is 41.8. The summed E-state index contributed by atoms with van der Waals surface area (Å²) in [7, 11) is 7.96. The molecule has 32 nitrogen and oxygen atoms in total. The summed E-state index contributed by atoms with van der Waals surface area (Å²) < 4.78 is 65.1. The highest BCUT2D eigenvalue weighted by molar-refractivity contribution is 7.92. The predicted octanol–water partition coefficient (Wildman–Crippen LogP) is 17.1. The number of hydrogen-bond donors (Lipinski definition) is 6. The number of esters is 4. The summed E-state index contributed by atoms with van der Waals surface area (Å²) in [5, 5.41) is 42.1. The van der Waals surface area contributed by atoms with Gasteiger partial charge >= 0.3 is 23.9 Å². The number of carbonyl (C=O) groups excluding carboxylic acids is 4. The Morgan fingerprint density at radius 3 is 0.629 bits per heavy atom. The standard InChI is InChI=1S/C25H22N4O6S.2C25H21N3O4.C24H20N4O4/c1-34-19-12-13-20(21(30)14-19)24-27-22(15-4-6-17(7-5-15)25(31)35-2)26-23(28-24)16-8-10-18(11-9-16)29-36(3,32)33;2*1-15-4-6-16(7-5-15)22-26-23(17-8-10-18(11-9-17)25(30)32-3)28-24(27-22)20-13-12-19(31-2)14-21(20)29;1-31-18-11-12-19(20(29)13-18)23-27-21(14-3-5-16(6-4-14)24(30)32-2)26-22(28-23)15-7-9-17(25)10-8-15/h4-14,29-30H,1-3H3;2*4-14,29H,1-3H3;3-13,29H,25H2,1-2H3. The van der Waals surface area contributed by atoms with Gasteiger partial charge in [0.2, 0.25) is 10.0 Å². The Morgan fingerprint density at radius 2 is 0.447 bits per heavy atom. The maximum absolute atomic E-state index is 11.8. The highest BCUT2D eigenvalue weighted by Gasteiger charge is 2.23. The number of benzene rings is 12. The number of ether oxygens (including phenoxy) is 8. The number of rotatable bonds is 22. The van der Waals surface area contributed by atoms with Gasteiger partial charge in [-0.2, -0.15) is 0 Å². The van der Waals surface area contributed by atoms with Crippen molar-refractivity contribution in [3.8, 4) is 183 Å². The van der Waals surface area contributed by atoms with E-state index in [0.717, 1.165) is 34.1 Å². The van der Waals surface area contributed by atoms with Crippen molar-refractivity contribution in [2.75, 3.05) is 73.6 Å². The first-order valence-corrected chi connectivity index (χ1v) is 41.9. The molecule has 0 unspecified atom stereocenters. The molecule has 0 radical (unpaired) electrons. The molecule has 4 heterocycles. The lowest BCUT2D eigenvalue weighted by atomic mass is 10.1. The van der Waals surface area contributed by atoms with Crippen LogP contribution in [0.4, 0.5) is 11.4 Å². The molecule has 0 aliphatic carbocycles. The molecule has 0 saturated heterocycles. The zero-order chi connectivity index (χ0) is 93.9. The maximum atomic E-state index is 11.8. The van der Waals surface area contributed by atoms with Gasteiger partial charge in [-0.1, -0.05) is 108 Å². The van der Waals surface area contributed by atoms with Gasteiger partial charge in [-0.15, -0.1) is 0 Å². The molecule has 0 aliphatic rings. The summed E-state index contributed by atoms with van der Waals surface area (Å²) in [5.74, 6) is 4.51. The summed E-state index contributed by atoms with van der Waals surface area (Å²) in [6, 6.07) is 75.8. The van der Waals surface area contributed by atoms with Gasteiger partial charge in [0, 0.05) is 80.1 Å². The third kappa shape index (κ3) is 22.8. The van der Waals surface area contributed by atoms with Crippen molar-refractivity contribution < 1.29 is 85.9 Å². The number of nitrogens with two attached hydrogens (primary N) is 1. The van der Waals surface area contributed by atoms with Crippen molar-refractivity contribution in [2.45, 2.75) is 13.8 Å². The van der Waals surface area contributed by atoms with E-state index in [1.54, 1.807) is 182 Å². The molecule has 0 saturated carbocycles. The number of sulfonamides is 1. The summed E-state index contributed by atoms with van der Waals surface area (Å²) >= 11 is 0. The molecule has 16 rings (SSSR count). The van der Waals surface area contributed by atoms with Gasteiger partial charge in [-0.05, 0) is 159 Å². The molecule has 7 N–H and O–H groups in total. The molecule has 16 aromatic rings. The van der Waals surface area contributed by atoms with Crippen LogP contribution in [0.3, 0.4) is 0 Å². The van der Waals surface area contributed by atoms with Crippen LogP contribution >= 0.6 is 0 Å². The van der Waals surface area contributed by atoms with Gasteiger partial charge in [0.05, 0.1) is 108 Å². The number of phenolic OH excluding ortho intramolecular Hbond substituents is 4. The monoisotopic (exact) mass is 1790 g/mol. The number of nitrogen functional groups attached to an aromatic ring is 1. The third-order valence-corrected chi connectivity index (χ3v) is 20.4. The summed E-state index contributed by atoms with van der Waals surface area (Å²) in [6.45, 7) is 4.01. The van der Waals surface area contributed by atoms with E-state index >= 15 is 0 Å².